The van der Waals surface area contributed by atoms with Crippen molar-refractivity contribution in [1.82, 2.24) is 0 Å². The minimum Gasteiger partial charge on any atom is -0.457 e. The molecule has 0 bridgehead atoms. The number of aliphatic hydroxyl groups excluding tert-OH is 1. The molecule has 0 saturated carbocycles. The number of hydrogen-bond acceptors (Lipinski definition) is 4. The Morgan fingerprint density at radius 3 is 1.20 bits per heavy atom. The highest BCUT2D eigenvalue weighted by Gasteiger charge is 2.13. The summed E-state index contributed by atoms with van der Waals surface area (Å²) in [6.07, 6.45) is 60.8. The summed E-state index contributed by atoms with van der Waals surface area (Å²) in [6, 6.07) is 0. The molecule has 0 heterocycles. The maximum Gasteiger partial charge on any atom is 0.306 e. The van der Waals surface area contributed by atoms with Crippen molar-refractivity contribution in [3.8, 4) is 0 Å². The van der Waals surface area contributed by atoms with Gasteiger partial charge in [0.15, 0.2) is 0 Å². The third-order valence-electron chi connectivity index (χ3n) is 10.7. The fraction of sp³-hybridized carbons (Fsp3) is 0.860. The average Bonchev–Trinajstić information content (AvgIpc) is 3.18. The van der Waals surface area contributed by atoms with Crippen molar-refractivity contribution in [1.29, 1.82) is 0 Å². The second kappa shape index (κ2) is 47.8. The van der Waals surface area contributed by atoms with E-state index in [2.05, 4.69) is 50.3 Å². The highest BCUT2D eigenvalue weighted by atomic mass is 16.6. The van der Waals surface area contributed by atoms with Crippen LogP contribution >= 0.6 is 0 Å². The summed E-state index contributed by atoms with van der Waals surface area (Å²) >= 11 is 0. The van der Waals surface area contributed by atoms with E-state index in [1.54, 1.807) is 0 Å². The van der Waals surface area contributed by atoms with E-state index in [4.69, 9.17) is 9.47 Å². The van der Waals surface area contributed by atoms with Gasteiger partial charge in [-0.1, -0.05) is 230 Å². The molecule has 54 heavy (non-hydrogen) atoms. The first-order chi connectivity index (χ1) is 26.7. The summed E-state index contributed by atoms with van der Waals surface area (Å²) in [5, 5.41) is 9.63. The van der Waals surface area contributed by atoms with E-state index in [1.165, 1.54) is 186 Å². The van der Waals surface area contributed by atoms with Gasteiger partial charge < -0.3 is 14.6 Å². The van der Waals surface area contributed by atoms with Crippen LogP contribution in [-0.4, -0.2) is 37.0 Å². The molecule has 1 atom stereocenters. The predicted molar refractivity (Wildman–Crippen MR) is 237 cm³/mol. The first-order valence-electron chi connectivity index (χ1n) is 24.1. The standard InChI is InChI=1S/C50H94O4/c1-3-5-7-9-11-13-15-17-19-21-23-24-25-26-28-30-32-34-36-38-40-42-44-46-53-48-49(47-51)54-50(52)45-43-41-39-37-35-33-31-29-27-22-20-18-16-14-12-10-8-6-4-2/h12,14,18,20,27,29,49,51H,3-11,13,15-17,19,21-26,28,30-48H2,1-2H3/b14-12-,20-18-,29-27-. The Labute approximate surface area is 338 Å². The zero-order valence-corrected chi connectivity index (χ0v) is 36.5. The maximum atomic E-state index is 12.2. The summed E-state index contributed by atoms with van der Waals surface area (Å²) < 4.78 is 11.2. The van der Waals surface area contributed by atoms with Crippen LogP contribution in [0.2, 0.25) is 0 Å². The molecule has 0 fully saturated rings. The molecule has 0 radical (unpaired) electrons. The first-order valence-corrected chi connectivity index (χ1v) is 24.1. The van der Waals surface area contributed by atoms with Crippen LogP contribution in [0.15, 0.2) is 36.5 Å². The molecule has 0 spiro atoms. The van der Waals surface area contributed by atoms with Crippen molar-refractivity contribution in [3.05, 3.63) is 36.5 Å². The molecule has 0 aliphatic heterocycles. The highest BCUT2D eigenvalue weighted by Crippen LogP contribution is 2.16. The van der Waals surface area contributed by atoms with Crippen LogP contribution in [-0.2, 0) is 14.3 Å². The van der Waals surface area contributed by atoms with E-state index >= 15 is 0 Å². The fourth-order valence-electron chi connectivity index (χ4n) is 7.10. The topological polar surface area (TPSA) is 55.8 Å². The smallest absolute Gasteiger partial charge is 0.306 e. The van der Waals surface area contributed by atoms with Gasteiger partial charge in [-0.05, 0) is 51.4 Å². The van der Waals surface area contributed by atoms with Crippen molar-refractivity contribution < 1.29 is 19.4 Å². The second-order valence-electron chi connectivity index (χ2n) is 16.2. The molecule has 1 N–H and O–H groups in total. The van der Waals surface area contributed by atoms with Crippen molar-refractivity contribution in [2.45, 2.75) is 258 Å². The van der Waals surface area contributed by atoms with Gasteiger partial charge in [0.1, 0.15) is 6.10 Å². The Morgan fingerprint density at radius 2 is 0.778 bits per heavy atom. The predicted octanol–water partition coefficient (Wildman–Crippen LogP) is 16.0. The maximum absolute atomic E-state index is 12.2. The molecule has 0 amide bonds. The summed E-state index contributed by atoms with van der Waals surface area (Å²) in [5.41, 5.74) is 0. The number of rotatable bonds is 45. The van der Waals surface area contributed by atoms with Crippen molar-refractivity contribution in [2.75, 3.05) is 19.8 Å². The molecule has 0 aromatic heterocycles. The van der Waals surface area contributed by atoms with Crippen LogP contribution in [0.1, 0.15) is 251 Å². The minimum absolute atomic E-state index is 0.174. The molecular formula is C50H94O4. The zero-order chi connectivity index (χ0) is 39.1. The Hall–Kier alpha value is -1.39. The summed E-state index contributed by atoms with van der Waals surface area (Å²) in [6.45, 7) is 5.34. The first kappa shape index (κ1) is 52.6. The number of allylic oxidation sites excluding steroid dienone is 6. The second-order valence-corrected chi connectivity index (χ2v) is 16.2. The molecule has 0 aliphatic carbocycles. The molecule has 4 heteroatoms. The average molecular weight is 759 g/mol. The van der Waals surface area contributed by atoms with Crippen molar-refractivity contribution >= 4 is 5.97 Å². The number of esters is 1. The van der Waals surface area contributed by atoms with Crippen LogP contribution in [0.25, 0.3) is 0 Å². The molecule has 318 valence electrons. The quantitative estimate of drug-likeness (QED) is 0.0382. The molecule has 0 aromatic carbocycles. The van der Waals surface area contributed by atoms with E-state index in [-0.39, 0.29) is 12.6 Å². The Balaban J connectivity index is 3.40. The fourth-order valence-corrected chi connectivity index (χ4v) is 7.10. The van der Waals surface area contributed by atoms with Crippen molar-refractivity contribution in [2.24, 2.45) is 0 Å². The van der Waals surface area contributed by atoms with E-state index in [0.717, 1.165) is 44.9 Å². The third-order valence-corrected chi connectivity index (χ3v) is 10.7. The normalized spacial score (nSPS) is 12.6. The lowest BCUT2D eigenvalue weighted by molar-refractivity contribution is -0.154. The van der Waals surface area contributed by atoms with Gasteiger partial charge in [-0.3, -0.25) is 4.79 Å². The molecule has 0 saturated heterocycles. The van der Waals surface area contributed by atoms with Gasteiger partial charge in [0.05, 0.1) is 13.2 Å². The lowest BCUT2D eigenvalue weighted by atomic mass is 10.0. The van der Waals surface area contributed by atoms with E-state index in [9.17, 15) is 9.90 Å². The van der Waals surface area contributed by atoms with E-state index in [1.807, 2.05) is 0 Å². The zero-order valence-electron chi connectivity index (χ0n) is 36.5. The van der Waals surface area contributed by atoms with Gasteiger partial charge >= 0.3 is 5.97 Å². The van der Waals surface area contributed by atoms with Crippen molar-refractivity contribution in [3.63, 3.8) is 0 Å². The van der Waals surface area contributed by atoms with E-state index in [0.29, 0.717) is 19.6 Å². The monoisotopic (exact) mass is 759 g/mol. The summed E-state index contributed by atoms with van der Waals surface area (Å²) in [7, 11) is 0. The summed E-state index contributed by atoms with van der Waals surface area (Å²) in [5.74, 6) is -0.209. The molecule has 0 aromatic rings. The van der Waals surface area contributed by atoms with E-state index < -0.39 is 6.10 Å². The highest BCUT2D eigenvalue weighted by molar-refractivity contribution is 5.69. The molecule has 0 aliphatic rings. The van der Waals surface area contributed by atoms with Gasteiger partial charge in [-0.25, -0.2) is 0 Å². The Bertz CT molecular complexity index is 802. The van der Waals surface area contributed by atoms with Gasteiger partial charge in [-0.15, -0.1) is 0 Å². The number of carbonyl (C=O) groups excluding carboxylic acids is 1. The van der Waals surface area contributed by atoms with Crippen LogP contribution < -0.4 is 0 Å². The van der Waals surface area contributed by atoms with Crippen LogP contribution in [0.4, 0.5) is 0 Å². The number of carbonyl (C=O) groups is 1. The molecule has 4 nitrogen and oxygen atoms in total. The Kier molecular flexibility index (Phi) is 46.5. The van der Waals surface area contributed by atoms with Gasteiger partial charge in [0.25, 0.3) is 0 Å². The number of hydrogen-bond donors (Lipinski definition) is 1. The Morgan fingerprint density at radius 1 is 0.444 bits per heavy atom. The van der Waals surface area contributed by atoms with Crippen LogP contribution in [0.5, 0.6) is 0 Å². The molecule has 0 rings (SSSR count). The molecule has 1 unspecified atom stereocenters. The lowest BCUT2D eigenvalue weighted by Crippen LogP contribution is -2.27. The molecular weight excluding hydrogens is 665 g/mol. The number of aliphatic hydroxyl groups is 1. The van der Waals surface area contributed by atoms with Gasteiger partial charge in [0.2, 0.25) is 0 Å². The van der Waals surface area contributed by atoms with Gasteiger partial charge in [0, 0.05) is 13.0 Å². The van der Waals surface area contributed by atoms with Gasteiger partial charge in [-0.2, -0.15) is 0 Å². The number of unbranched alkanes of at least 4 members (excludes halogenated alkanes) is 31. The third kappa shape index (κ3) is 45.0. The minimum atomic E-state index is -0.539. The SMILES string of the molecule is CCCCC/C=C\C/C=C\C/C=C\CCCCCCCCC(=O)OC(CO)COCCCCCCCCCCCCCCCCCCCCCCCCC. The lowest BCUT2D eigenvalue weighted by Gasteiger charge is -2.16. The van der Waals surface area contributed by atoms with Crippen LogP contribution in [0, 0.1) is 0 Å². The van der Waals surface area contributed by atoms with Crippen LogP contribution in [0.3, 0.4) is 0 Å². The largest absolute Gasteiger partial charge is 0.457 e. The summed E-state index contributed by atoms with van der Waals surface area (Å²) in [4.78, 5) is 12.2. The number of ether oxygens (including phenoxy) is 2.